The topological polar surface area (TPSA) is 82.9 Å². The van der Waals surface area contributed by atoms with Gasteiger partial charge in [-0.1, -0.05) is 6.07 Å². The van der Waals surface area contributed by atoms with Gasteiger partial charge in [-0.15, -0.1) is 0 Å². The Labute approximate surface area is 158 Å². The first kappa shape index (κ1) is 18.2. The van der Waals surface area contributed by atoms with Gasteiger partial charge in [-0.3, -0.25) is 0 Å². The lowest BCUT2D eigenvalue weighted by Gasteiger charge is -2.12. The summed E-state index contributed by atoms with van der Waals surface area (Å²) in [7, 11) is 0. The van der Waals surface area contributed by atoms with Gasteiger partial charge in [0.15, 0.2) is 0 Å². The summed E-state index contributed by atoms with van der Waals surface area (Å²) in [5.41, 5.74) is 2.29. The van der Waals surface area contributed by atoms with Crippen molar-refractivity contribution in [1.82, 2.24) is 9.97 Å². The lowest BCUT2D eigenvalue weighted by molar-refractivity contribution is 0.242. The van der Waals surface area contributed by atoms with Crippen molar-refractivity contribution in [3.63, 3.8) is 0 Å². The van der Waals surface area contributed by atoms with Crippen LogP contribution in [0, 0.1) is 18.3 Å². The second kappa shape index (κ2) is 8.19. The number of nitrogens with zero attached hydrogens (tertiary/aromatic N) is 3. The number of ether oxygens (including phenoxy) is 1. The number of hydrogen-bond acceptors (Lipinski definition) is 6. The van der Waals surface area contributed by atoms with Crippen LogP contribution < -0.4 is 15.4 Å². The zero-order valence-electron chi connectivity index (χ0n) is 15.5. The Bertz CT molecular complexity index is 961. The summed E-state index contributed by atoms with van der Waals surface area (Å²) >= 11 is 0. The van der Waals surface area contributed by atoms with Crippen molar-refractivity contribution in [3.05, 3.63) is 66.0 Å². The first-order valence-corrected chi connectivity index (χ1v) is 8.68. The maximum Gasteiger partial charge on any atom is 0.136 e. The molecule has 0 amide bonds. The molecule has 0 aliphatic rings. The van der Waals surface area contributed by atoms with Crippen LogP contribution in [0.25, 0.3) is 0 Å². The van der Waals surface area contributed by atoms with Crippen LogP contribution in [0.5, 0.6) is 5.75 Å². The summed E-state index contributed by atoms with van der Waals surface area (Å²) in [6.07, 6.45) is 0.140. The van der Waals surface area contributed by atoms with E-state index >= 15 is 0 Å². The molecule has 136 valence electrons. The predicted octanol–water partition coefficient (Wildman–Crippen LogP) is 4.93. The average Bonchev–Trinajstić information content (AvgIpc) is 2.62. The van der Waals surface area contributed by atoms with Crippen molar-refractivity contribution in [2.24, 2.45) is 0 Å². The Morgan fingerprint density at radius 2 is 1.59 bits per heavy atom. The lowest BCUT2D eigenvalue weighted by atomic mass is 10.2. The molecule has 0 bridgehead atoms. The van der Waals surface area contributed by atoms with Crippen LogP contribution >= 0.6 is 0 Å². The third-order valence-electron chi connectivity index (χ3n) is 3.60. The van der Waals surface area contributed by atoms with E-state index in [1.807, 2.05) is 63.2 Å². The Morgan fingerprint density at radius 1 is 0.926 bits per heavy atom. The van der Waals surface area contributed by atoms with E-state index in [1.54, 1.807) is 12.1 Å². The molecule has 2 N–H and O–H groups in total. The van der Waals surface area contributed by atoms with Gasteiger partial charge < -0.3 is 15.4 Å². The monoisotopic (exact) mass is 359 g/mol. The number of benzene rings is 2. The minimum absolute atomic E-state index is 0.140. The normalized spacial score (nSPS) is 10.3. The highest BCUT2D eigenvalue weighted by molar-refractivity contribution is 5.64. The smallest absolute Gasteiger partial charge is 0.136 e. The van der Waals surface area contributed by atoms with Crippen LogP contribution in [0.15, 0.2) is 54.6 Å². The number of aromatic nitrogens is 2. The zero-order valence-corrected chi connectivity index (χ0v) is 15.5. The molecule has 0 saturated carbocycles. The summed E-state index contributed by atoms with van der Waals surface area (Å²) in [6, 6.07) is 18.9. The number of nitriles is 1. The van der Waals surface area contributed by atoms with E-state index in [-0.39, 0.29) is 6.10 Å². The number of hydrogen-bond donors (Lipinski definition) is 2. The van der Waals surface area contributed by atoms with Crippen molar-refractivity contribution in [1.29, 1.82) is 5.26 Å². The van der Waals surface area contributed by atoms with E-state index in [0.717, 1.165) is 17.1 Å². The second-order valence-electron chi connectivity index (χ2n) is 6.32. The fourth-order valence-corrected chi connectivity index (χ4v) is 2.55. The van der Waals surface area contributed by atoms with E-state index in [2.05, 4.69) is 26.7 Å². The lowest BCUT2D eigenvalue weighted by Crippen LogP contribution is -2.05. The largest absolute Gasteiger partial charge is 0.491 e. The van der Waals surface area contributed by atoms with Crippen molar-refractivity contribution in [2.45, 2.75) is 26.9 Å². The Kier molecular flexibility index (Phi) is 5.53. The van der Waals surface area contributed by atoms with Gasteiger partial charge in [0.25, 0.3) is 0 Å². The van der Waals surface area contributed by atoms with Crippen LogP contribution in [0.4, 0.5) is 23.0 Å². The highest BCUT2D eigenvalue weighted by Crippen LogP contribution is 2.23. The first-order chi connectivity index (χ1) is 13.0. The molecule has 6 heteroatoms. The van der Waals surface area contributed by atoms with E-state index in [1.165, 1.54) is 0 Å². The molecular weight excluding hydrogens is 338 g/mol. The Balaban J connectivity index is 1.76. The summed E-state index contributed by atoms with van der Waals surface area (Å²) in [5.74, 6) is 2.80. The van der Waals surface area contributed by atoms with Gasteiger partial charge in [0.05, 0.1) is 17.7 Å². The fourth-order valence-electron chi connectivity index (χ4n) is 2.55. The molecule has 0 aliphatic heterocycles. The van der Waals surface area contributed by atoms with Crippen LogP contribution in [0.2, 0.25) is 0 Å². The molecule has 27 heavy (non-hydrogen) atoms. The average molecular weight is 359 g/mol. The molecule has 0 aliphatic carbocycles. The summed E-state index contributed by atoms with van der Waals surface area (Å²) in [5, 5.41) is 15.5. The molecule has 0 radical (unpaired) electrons. The van der Waals surface area contributed by atoms with Gasteiger partial charge in [-0.25, -0.2) is 9.97 Å². The van der Waals surface area contributed by atoms with Crippen molar-refractivity contribution < 1.29 is 4.74 Å². The SMILES string of the molecule is Cc1nc(Nc2ccc(OC(C)C)cc2)cc(Nc2cccc(C#N)c2)n1. The summed E-state index contributed by atoms with van der Waals surface area (Å²) < 4.78 is 5.66. The van der Waals surface area contributed by atoms with Crippen LogP contribution in [0.3, 0.4) is 0 Å². The fraction of sp³-hybridized carbons (Fsp3) is 0.190. The molecule has 0 unspecified atom stereocenters. The van der Waals surface area contributed by atoms with Crippen LogP contribution in [-0.2, 0) is 0 Å². The van der Waals surface area contributed by atoms with Gasteiger partial charge >= 0.3 is 0 Å². The highest BCUT2D eigenvalue weighted by atomic mass is 16.5. The molecule has 0 fully saturated rings. The Hall–Kier alpha value is -3.59. The maximum atomic E-state index is 9.03. The molecule has 1 heterocycles. The van der Waals surface area contributed by atoms with E-state index in [4.69, 9.17) is 10.00 Å². The molecule has 0 atom stereocenters. The molecule has 0 spiro atoms. The minimum atomic E-state index is 0.140. The standard InChI is InChI=1S/C21H21N5O/c1-14(2)27-19-9-7-17(8-10-19)25-20-12-21(24-15(3)23-20)26-18-6-4-5-16(11-18)13-22/h4-12,14H,1-3H3,(H2,23,24,25,26). The van der Waals surface area contributed by atoms with Crippen molar-refractivity contribution in [3.8, 4) is 11.8 Å². The van der Waals surface area contributed by atoms with Crippen LogP contribution in [0.1, 0.15) is 25.2 Å². The minimum Gasteiger partial charge on any atom is -0.491 e. The highest BCUT2D eigenvalue weighted by Gasteiger charge is 2.05. The first-order valence-electron chi connectivity index (χ1n) is 8.68. The molecular formula is C21H21N5O. The third-order valence-corrected chi connectivity index (χ3v) is 3.60. The van der Waals surface area contributed by atoms with Gasteiger partial charge in [-0.05, 0) is 63.2 Å². The van der Waals surface area contributed by atoms with E-state index in [0.29, 0.717) is 23.0 Å². The Morgan fingerprint density at radius 3 is 2.22 bits per heavy atom. The second-order valence-corrected chi connectivity index (χ2v) is 6.32. The van der Waals surface area contributed by atoms with Crippen molar-refractivity contribution in [2.75, 3.05) is 10.6 Å². The maximum absolute atomic E-state index is 9.03. The molecule has 3 rings (SSSR count). The van der Waals surface area contributed by atoms with Crippen LogP contribution in [-0.4, -0.2) is 16.1 Å². The van der Waals surface area contributed by atoms with Crippen molar-refractivity contribution >= 4 is 23.0 Å². The number of nitrogens with one attached hydrogen (secondary N) is 2. The predicted molar refractivity (Wildman–Crippen MR) is 107 cm³/mol. The van der Waals surface area contributed by atoms with Gasteiger partial charge in [0.2, 0.25) is 0 Å². The quantitative estimate of drug-likeness (QED) is 0.649. The van der Waals surface area contributed by atoms with Gasteiger partial charge in [-0.2, -0.15) is 5.26 Å². The summed E-state index contributed by atoms with van der Waals surface area (Å²) in [6.45, 7) is 5.83. The van der Waals surface area contributed by atoms with Gasteiger partial charge in [0, 0.05) is 17.4 Å². The molecule has 6 nitrogen and oxygen atoms in total. The van der Waals surface area contributed by atoms with Gasteiger partial charge in [0.1, 0.15) is 23.2 Å². The zero-order chi connectivity index (χ0) is 19.2. The van der Waals surface area contributed by atoms with E-state index < -0.39 is 0 Å². The molecule has 1 aromatic heterocycles. The third kappa shape index (κ3) is 5.19. The molecule has 2 aromatic carbocycles. The number of rotatable bonds is 6. The molecule has 0 saturated heterocycles. The number of aryl methyl sites for hydroxylation is 1. The molecule has 3 aromatic rings. The number of anilines is 4. The summed E-state index contributed by atoms with van der Waals surface area (Å²) in [4.78, 5) is 8.84. The van der Waals surface area contributed by atoms with E-state index in [9.17, 15) is 0 Å².